The molecule has 0 radical (unpaired) electrons. The van der Waals surface area contributed by atoms with E-state index in [-0.39, 0.29) is 18.7 Å². The van der Waals surface area contributed by atoms with Crippen molar-refractivity contribution in [3.8, 4) is 0 Å². The Labute approximate surface area is 132 Å². The summed E-state index contributed by atoms with van der Waals surface area (Å²) in [4.78, 5) is 13.3. The first-order valence-electron chi connectivity index (χ1n) is 7.02. The summed E-state index contributed by atoms with van der Waals surface area (Å²) in [5.41, 5.74) is -2.08. The molecule has 1 aromatic carbocycles. The Morgan fingerprint density at radius 3 is 2.09 bits per heavy atom. The molecule has 8 heteroatoms. The third-order valence-corrected chi connectivity index (χ3v) is 3.06. The highest BCUT2D eigenvalue weighted by Gasteiger charge is 2.26. The normalized spacial score (nSPS) is 11.7. The largest absolute Gasteiger partial charge is 0.389 e. The monoisotopic (exact) mass is 336 g/mol. The van der Waals surface area contributed by atoms with Crippen molar-refractivity contribution in [1.29, 1.82) is 0 Å². The third kappa shape index (κ3) is 5.09. The number of nitrogens with one attached hydrogen (secondary N) is 1. The third-order valence-electron chi connectivity index (χ3n) is 3.06. The maximum absolute atomic E-state index is 13.5. The number of benzene rings is 1. The van der Waals surface area contributed by atoms with Gasteiger partial charge in [0.15, 0.2) is 23.3 Å². The van der Waals surface area contributed by atoms with Gasteiger partial charge in [0.05, 0.1) is 18.7 Å². The van der Waals surface area contributed by atoms with Crippen molar-refractivity contribution in [3.05, 3.63) is 34.9 Å². The molecule has 0 aromatic heterocycles. The lowest BCUT2D eigenvalue weighted by molar-refractivity contribution is 0.0387. The van der Waals surface area contributed by atoms with Crippen molar-refractivity contribution in [1.82, 2.24) is 10.2 Å². The highest BCUT2D eigenvalue weighted by molar-refractivity contribution is 5.74. The summed E-state index contributed by atoms with van der Waals surface area (Å²) in [7, 11) is 0. The van der Waals surface area contributed by atoms with Crippen molar-refractivity contribution < 1.29 is 27.5 Å². The van der Waals surface area contributed by atoms with E-state index in [0.717, 1.165) is 0 Å². The summed E-state index contributed by atoms with van der Waals surface area (Å²) in [5, 5.41) is 12.0. The summed E-state index contributed by atoms with van der Waals surface area (Å²) in [6, 6.07) is -0.920. The molecule has 0 spiro atoms. The maximum Gasteiger partial charge on any atom is 0.317 e. The number of amides is 2. The number of nitrogens with zero attached hydrogens (tertiary/aromatic N) is 1. The highest BCUT2D eigenvalue weighted by atomic mass is 19.2. The number of hydrogen-bond donors (Lipinski definition) is 2. The van der Waals surface area contributed by atoms with Crippen LogP contribution in [0.25, 0.3) is 0 Å². The van der Waals surface area contributed by atoms with Gasteiger partial charge in [-0.25, -0.2) is 22.4 Å². The van der Waals surface area contributed by atoms with E-state index in [9.17, 15) is 27.5 Å². The smallest absolute Gasteiger partial charge is 0.317 e. The molecular formula is C15H20F4N2O2. The molecule has 0 fully saturated rings. The van der Waals surface area contributed by atoms with E-state index in [4.69, 9.17) is 0 Å². The van der Waals surface area contributed by atoms with Crippen molar-refractivity contribution in [2.45, 2.75) is 45.9 Å². The molecule has 0 aliphatic heterocycles. The van der Waals surface area contributed by atoms with Gasteiger partial charge in [-0.05, 0) is 27.7 Å². The summed E-state index contributed by atoms with van der Waals surface area (Å²) in [5.74, 6) is -6.18. The first-order valence-corrected chi connectivity index (χ1v) is 7.02. The topological polar surface area (TPSA) is 52.6 Å². The molecule has 130 valence electrons. The molecular weight excluding hydrogens is 316 g/mol. The van der Waals surface area contributed by atoms with Crippen LogP contribution in [0.5, 0.6) is 0 Å². The van der Waals surface area contributed by atoms with Crippen molar-refractivity contribution >= 4 is 6.03 Å². The molecule has 0 atom stereocenters. The van der Waals surface area contributed by atoms with E-state index in [2.05, 4.69) is 5.32 Å². The molecule has 0 saturated carbocycles. The van der Waals surface area contributed by atoms with E-state index >= 15 is 0 Å². The summed E-state index contributed by atoms with van der Waals surface area (Å²) in [6.07, 6.45) is 0. The van der Waals surface area contributed by atoms with Gasteiger partial charge < -0.3 is 15.3 Å². The molecule has 1 aromatic rings. The van der Waals surface area contributed by atoms with E-state index in [1.54, 1.807) is 13.8 Å². The van der Waals surface area contributed by atoms with Gasteiger partial charge in [0.25, 0.3) is 0 Å². The first-order chi connectivity index (χ1) is 10.4. The number of halogens is 4. The number of aliphatic hydroxyl groups is 1. The molecule has 0 aliphatic carbocycles. The van der Waals surface area contributed by atoms with Crippen LogP contribution >= 0.6 is 0 Å². The van der Waals surface area contributed by atoms with E-state index in [1.165, 1.54) is 18.7 Å². The lowest BCUT2D eigenvalue weighted by Gasteiger charge is -2.32. The van der Waals surface area contributed by atoms with Gasteiger partial charge in [0, 0.05) is 17.7 Å². The van der Waals surface area contributed by atoms with Gasteiger partial charge in [-0.15, -0.1) is 0 Å². The Bertz CT molecular complexity index is 560. The zero-order valence-corrected chi connectivity index (χ0v) is 13.4. The van der Waals surface area contributed by atoms with Crippen LogP contribution in [-0.2, 0) is 6.54 Å². The van der Waals surface area contributed by atoms with E-state index in [0.29, 0.717) is 0 Å². The van der Waals surface area contributed by atoms with Gasteiger partial charge in [-0.3, -0.25) is 0 Å². The Kier molecular flexibility index (Phi) is 5.98. The fourth-order valence-corrected chi connectivity index (χ4v) is 1.95. The zero-order valence-electron chi connectivity index (χ0n) is 13.4. The average molecular weight is 336 g/mol. The van der Waals surface area contributed by atoms with Crippen LogP contribution in [0.15, 0.2) is 6.07 Å². The molecule has 0 bridgehead atoms. The Hall–Kier alpha value is -1.83. The molecule has 0 heterocycles. The van der Waals surface area contributed by atoms with E-state index < -0.39 is 47.0 Å². The van der Waals surface area contributed by atoms with Crippen LogP contribution in [0.3, 0.4) is 0 Å². The molecule has 1 rings (SSSR count). The predicted octanol–water partition coefficient (Wildman–Crippen LogP) is 2.93. The summed E-state index contributed by atoms with van der Waals surface area (Å²) in [6.45, 7) is 5.62. The van der Waals surface area contributed by atoms with Crippen molar-refractivity contribution in [2.24, 2.45) is 0 Å². The molecule has 0 unspecified atom stereocenters. The lowest BCUT2D eigenvalue weighted by atomic mass is 10.1. The standard InChI is InChI=1S/C15H20F4N2O2/c1-8(2)21(7-15(3,4)23)14(22)20-6-9-12(18)10(16)5-11(17)13(9)19/h5,8,23H,6-7H2,1-4H3,(H,20,22). The number of rotatable bonds is 5. The fraction of sp³-hybridized carbons (Fsp3) is 0.533. The highest BCUT2D eigenvalue weighted by Crippen LogP contribution is 2.19. The van der Waals surface area contributed by atoms with Crippen LogP contribution in [0.2, 0.25) is 0 Å². The lowest BCUT2D eigenvalue weighted by Crippen LogP contribution is -2.50. The zero-order chi connectivity index (χ0) is 17.9. The minimum absolute atomic E-state index is 0.0288. The van der Waals surface area contributed by atoms with Crippen molar-refractivity contribution in [2.75, 3.05) is 6.54 Å². The molecule has 2 amide bonds. The number of carbonyl (C=O) groups excluding carboxylic acids is 1. The SMILES string of the molecule is CC(C)N(CC(C)(C)O)C(=O)NCc1c(F)c(F)cc(F)c1F. The molecule has 23 heavy (non-hydrogen) atoms. The predicted molar refractivity (Wildman–Crippen MR) is 76.6 cm³/mol. The van der Waals surface area contributed by atoms with Crippen LogP contribution < -0.4 is 5.32 Å². The summed E-state index contributed by atoms with van der Waals surface area (Å²) < 4.78 is 53.3. The minimum atomic E-state index is -1.55. The van der Waals surface area contributed by atoms with Crippen LogP contribution in [0.4, 0.5) is 22.4 Å². The second-order valence-electron chi connectivity index (χ2n) is 6.14. The Balaban J connectivity index is 2.91. The van der Waals surface area contributed by atoms with Gasteiger partial charge in [-0.1, -0.05) is 0 Å². The number of hydrogen-bond acceptors (Lipinski definition) is 2. The van der Waals surface area contributed by atoms with Gasteiger partial charge in [-0.2, -0.15) is 0 Å². The van der Waals surface area contributed by atoms with Gasteiger partial charge in [0.2, 0.25) is 0 Å². The number of carbonyl (C=O) groups is 1. The Morgan fingerprint density at radius 1 is 1.22 bits per heavy atom. The first kappa shape index (κ1) is 19.2. The van der Waals surface area contributed by atoms with Crippen LogP contribution in [0, 0.1) is 23.3 Å². The molecule has 4 nitrogen and oxygen atoms in total. The Morgan fingerprint density at radius 2 is 1.70 bits per heavy atom. The second-order valence-corrected chi connectivity index (χ2v) is 6.14. The summed E-state index contributed by atoms with van der Waals surface area (Å²) >= 11 is 0. The van der Waals surface area contributed by atoms with Gasteiger partial charge in [0.1, 0.15) is 0 Å². The van der Waals surface area contributed by atoms with E-state index in [1.807, 2.05) is 0 Å². The molecule has 2 N–H and O–H groups in total. The second kappa shape index (κ2) is 7.16. The van der Waals surface area contributed by atoms with Crippen LogP contribution in [-0.4, -0.2) is 34.2 Å². The van der Waals surface area contributed by atoms with Crippen molar-refractivity contribution in [3.63, 3.8) is 0 Å². The quantitative estimate of drug-likeness (QED) is 0.642. The average Bonchev–Trinajstić information content (AvgIpc) is 2.41. The minimum Gasteiger partial charge on any atom is -0.389 e. The molecule has 0 saturated heterocycles. The van der Waals surface area contributed by atoms with Crippen LogP contribution in [0.1, 0.15) is 33.3 Å². The van der Waals surface area contributed by atoms with Gasteiger partial charge >= 0.3 is 6.03 Å². The molecule has 0 aliphatic rings. The fourth-order valence-electron chi connectivity index (χ4n) is 1.95. The maximum atomic E-state index is 13.5. The number of urea groups is 1.